The van der Waals surface area contributed by atoms with Crippen LogP contribution in [0.25, 0.3) is 15.9 Å². The van der Waals surface area contributed by atoms with E-state index >= 15 is 0 Å². The van der Waals surface area contributed by atoms with Crippen LogP contribution < -0.4 is 0 Å². The fourth-order valence-electron chi connectivity index (χ4n) is 4.39. The summed E-state index contributed by atoms with van der Waals surface area (Å²) in [4.78, 5) is 11.6. The smallest absolute Gasteiger partial charge is 0.261 e. The highest BCUT2D eigenvalue weighted by atomic mass is 32.1. The average molecular weight is 432 g/mol. The molecular weight excluding hydrogens is 413 g/mol. The third-order valence-corrected chi connectivity index (χ3v) is 7.23. The lowest BCUT2D eigenvalue weighted by Gasteiger charge is -2.17. The Hall–Kier alpha value is -2.49. The first kappa shape index (κ1) is 18.3. The monoisotopic (exact) mass is 432 g/mol. The Morgan fingerprint density at radius 1 is 1.20 bits per heavy atom. The fourth-order valence-corrected chi connectivity index (χ4v) is 5.73. The lowest BCUT2D eigenvalue weighted by atomic mass is 9.89. The van der Waals surface area contributed by atoms with Gasteiger partial charge in [-0.1, -0.05) is 6.92 Å². The van der Waals surface area contributed by atoms with Gasteiger partial charge in [0.1, 0.15) is 17.7 Å². The molecule has 1 fully saturated rings. The summed E-state index contributed by atoms with van der Waals surface area (Å²) in [6.07, 6.45) is 2.17. The number of aromatic nitrogens is 6. The first-order valence-electron chi connectivity index (χ1n) is 10.2. The summed E-state index contributed by atoms with van der Waals surface area (Å²) in [6, 6.07) is 1.17. The molecule has 0 aromatic carbocycles. The predicted octanol–water partition coefficient (Wildman–Crippen LogP) is 4.60. The van der Waals surface area contributed by atoms with Crippen LogP contribution in [0.4, 0.5) is 13.2 Å². The van der Waals surface area contributed by atoms with Gasteiger partial charge in [0.15, 0.2) is 17.2 Å². The van der Waals surface area contributed by atoms with Crippen LogP contribution in [0.1, 0.15) is 59.8 Å². The van der Waals surface area contributed by atoms with Crippen molar-refractivity contribution in [2.24, 2.45) is 5.92 Å². The number of fused-ring (bicyclic) bond motifs is 5. The van der Waals surface area contributed by atoms with Gasteiger partial charge in [-0.05, 0) is 49.7 Å². The molecule has 0 N–H and O–H groups in total. The number of hydrogen-bond acceptors (Lipinski definition) is 5. The molecule has 0 radical (unpaired) electrons. The van der Waals surface area contributed by atoms with Gasteiger partial charge >= 0.3 is 6.18 Å². The van der Waals surface area contributed by atoms with Gasteiger partial charge in [0, 0.05) is 16.5 Å². The highest BCUT2D eigenvalue weighted by Gasteiger charge is 2.38. The molecule has 6 rings (SSSR count). The van der Waals surface area contributed by atoms with E-state index in [0.29, 0.717) is 17.4 Å². The van der Waals surface area contributed by atoms with Crippen LogP contribution in [0.15, 0.2) is 12.4 Å². The van der Waals surface area contributed by atoms with Crippen LogP contribution >= 0.6 is 11.3 Å². The quantitative estimate of drug-likeness (QED) is 0.475. The van der Waals surface area contributed by atoms with Crippen molar-refractivity contribution in [1.29, 1.82) is 0 Å². The van der Waals surface area contributed by atoms with Crippen molar-refractivity contribution in [3.63, 3.8) is 0 Å². The second-order valence-electron chi connectivity index (χ2n) is 8.46. The molecule has 0 saturated heterocycles. The van der Waals surface area contributed by atoms with Gasteiger partial charge < -0.3 is 0 Å². The van der Waals surface area contributed by atoms with E-state index in [1.807, 2.05) is 0 Å². The van der Waals surface area contributed by atoms with Crippen molar-refractivity contribution in [3.05, 3.63) is 40.0 Å². The molecule has 10 heteroatoms. The molecule has 0 amide bonds. The minimum atomic E-state index is -4.45. The van der Waals surface area contributed by atoms with Gasteiger partial charge in [-0.3, -0.25) is 4.68 Å². The number of rotatable bonds is 3. The Bertz CT molecular complexity index is 1280. The predicted molar refractivity (Wildman–Crippen MR) is 106 cm³/mol. The Balaban J connectivity index is 1.43. The van der Waals surface area contributed by atoms with E-state index in [9.17, 15) is 13.2 Å². The normalized spacial score (nSPS) is 19.7. The van der Waals surface area contributed by atoms with Crippen molar-refractivity contribution in [2.75, 3.05) is 0 Å². The maximum atomic E-state index is 13.2. The SMILES string of the molecule is C[C@@H]1CCc2c(sc3ncn4nc(Cn5nc(C(F)(F)F)cc5C5CC5)nc4c23)C1. The number of halogens is 3. The van der Waals surface area contributed by atoms with Gasteiger partial charge in [0.2, 0.25) is 0 Å². The summed E-state index contributed by atoms with van der Waals surface area (Å²) < 4.78 is 42.6. The van der Waals surface area contributed by atoms with Crippen molar-refractivity contribution >= 4 is 27.2 Å². The molecule has 0 spiro atoms. The van der Waals surface area contributed by atoms with E-state index in [2.05, 4.69) is 22.1 Å². The molecule has 0 bridgehead atoms. The molecule has 0 unspecified atom stereocenters. The van der Waals surface area contributed by atoms with E-state index in [-0.39, 0.29) is 12.5 Å². The zero-order chi connectivity index (χ0) is 20.6. The Morgan fingerprint density at radius 2 is 2.03 bits per heavy atom. The number of thiophene rings is 1. The van der Waals surface area contributed by atoms with Gasteiger partial charge in [-0.25, -0.2) is 14.5 Å². The summed E-state index contributed by atoms with van der Waals surface area (Å²) >= 11 is 1.72. The topological polar surface area (TPSA) is 60.9 Å². The lowest BCUT2D eigenvalue weighted by Crippen LogP contribution is -2.10. The number of hydrogen-bond donors (Lipinski definition) is 0. The van der Waals surface area contributed by atoms with Gasteiger partial charge in [0.05, 0.1) is 5.39 Å². The first-order valence-corrected chi connectivity index (χ1v) is 11.0. The summed E-state index contributed by atoms with van der Waals surface area (Å²) in [5, 5.41) is 9.37. The van der Waals surface area contributed by atoms with Gasteiger partial charge in [-0.2, -0.15) is 18.3 Å². The Morgan fingerprint density at radius 3 is 2.80 bits per heavy atom. The lowest BCUT2D eigenvalue weighted by molar-refractivity contribution is -0.141. The molecule has 156 valence electrons. The largest absolute Gasteiger partial charge is 0.435 e. The minimum Gasteiger partial charge on any atom is -0.261 e. The standard InChI is InChI=1S/C20H19F3N6S/c1-10-2-5-12-14(6-10)30-19-17(12)18-25-16(27-29(18)9-24-19)8-28-13(11-3-4-11)7-15(26-28)20(21,22)23/h7,9-11H,2-6,8H2,1H3/t10-/m1/s1. The molecule has 4 heterocycles. The fraction of sp³-hybridized carbons (Fsp3) is 0.500. The van der Waals surface area contributed by atoms with Crippen molar-refractivity contribution in [2.45, 2.75) is 57.7 Å². The van der Waals surface area contributed by atoms with E-state index in [1.54, 1.807) is 22.2 Å². The van der Waals surface area contributed by atoms with Crippen LogP contribution in [0, 0.1) is 5.92 Å². The molecule has 30 heavy (non-hydrogen) atoms. The van der Waals surface area contributed by atoms with Crippen LogP contribution in [0.3, 0.4) is 0 Å². The average Bonchev–Trinajstić information content (AvgIpc) is 3.14. The van der Waals surface area contributed by atoms with Crippen LogP contribution in [-0.4, -0.2) is 29.4 Å². The molecule has 6 nitrogen and oxygen atoms in total. The van der Waals surface area contributed by atoms with Crippen molar-refractivity contribution in [1.82, 2.24) is 29.4 Å². The van der Waals surface area contributed by atoms with Gasteiger partial charge in [-0.15, -0.1) is 16.4 Å². The van der Waals surface area contributed by atoms with Gasteiger partial charge in [0.25, 0.3) is 0 Å². The minimum absolute atomic E-state index is 0.119. The second-order valence-corrected chi connectivity index (χ2v) is 9.54. The summed E-state index contributed by atoms with van der Waals surface area (Å²) in [6.45, 7) is 2.39. The van der Waals surface area contributed by atoms with Crippen molar-refractivity contribution in [3.8, 4) is 0 Å². The number of aryl methyl sites for hydroxylation is 1. The molecule has 0 aliphatic heterocycles. The third kappa shape index (κ3) is 2.91. The van der Waals surface area contributed by atoms with E-state index in [4.69, 9.17) is 4.98 Å². The van der Waals surface area contributed by atoms with E-state index in [1.165, 1.54) is 21.2 Å². The van der Waals surface area contributed by atoms with Crippen molar-refractivity contribution < 1.29 is 13.2 Å². The molecule has 2 aliphatic carbocycles. The van der Waals surface area contributed by atoms with E-state index in [0.717, 1.165) is 48.0 Å². The summed E-state index contributed by atoms with van der Waals surface area (Å²) in [5.41, 5.74) is 1.81. The summed E-state index contributed by atoms with van der Waals surface area (Å²) in [5.74, 6) is 1.26. The molecule has 2 aliphatic rings. The highest BCUT2D eigenvalue weighted by Crippen LogP contribution is 2.42. The first-order chi connectivity index (χ1) is 14.4. The number of nitrogens with zero attached hydrogens (tertiary/aromatic N) is 6. The Labute approximate surface area is 173 Å². The molecule has 1 saturated carbocycles. The maximum absolute atomic E-state index is 13.2. The summed E-state index contributed by atoms with van der Waals surface area (Å²) in [7, 11) is 0. The zero-order valence-corrected chi connectivity index (χ0v) is 17.1. The highest BCUT2D eigenvalue weighted by molar-refractivity contribution is 7.19. The molecule has 4 aromatic rings. The molecule has 1 atom stereocenters. The number of alkyl halides is 3. The maximum Gasteiger partial charge on any atom is 0.435 e. The Kier molecular flexibility index (Phi) is 3.82. The third-order valence-electron chi connectivity index (χ3n) is 6.06. The van der Waals surface area contributed by atoms with Crippen LogP contribution in [0.5, 0.6) is 0 Å². The second kappa shape index (κ2) is 6.26. The zero-order valence-electron chi connectivity index (χ0n) is 16.3. The molecule has 4 aromatic heterocycles. The van der Waals surface area contributed by atoms with E-state index < -0.39 is 11.9 Å². The van der Waals surface area contributed by atoms with Crippen LogP contribution in [-0.2, 0) is 25.6 Å². The molecular formula is C20H19F3N6S. The van der Waals surface area contributed by atoms with Crippen LogP contribution in [0.2, 0.25) is 0 Å².